The molecule has 9 nitrogen and oxygen atoms in total. The molecule has 1 aromatic carbocycles. The number of likely N-dealkylation sites (N-methyl/N-ethyl adjacent to an activating group) is 1. The van der Waals surface area contributed by atoms with E-state index in [1.165, 1.54) is 0 Å². The van der Waals surface area contributed by atoms with Gasteiger partial charge in [-0.3, -0.25) is 10.2 Å². The van der Waals surface area contributed by atoms with Crippen molar-refractivity contribution in [3.8, 4) is 22.6 Å². The van der Waals surface area contributed by atoms with E-state index < -0.39 is 0 Å². The molecule has 30 heavy (non-hydrogen) atoms. The number of hydrogen-bond donors (Lipinski definition) is 3. The third kappa shape index (κ3) is 2.74. The summed E-state index contributed by atoms with van der Waals surface area (Å²) in [5.41, 5.74) is 6.65. The molecule has 1 fully saturated rings. The maximum Gasteiger partial charge on any atom is 0.161 e. The number of hydrogen-bond acceptors (Lipinski definition) is 6. The Kier molecular flexibility index (Phi) is 3.81. The third-order valence-corrected chi connectivity index (χ3v) is 5.83. The van der Waals surface area contributed by atoms with Crippen LogP contribution < -0.4 is 4.90 Å². The highest BCUT2D eigenvalue weighted by molar-refractivity contribution is 5.96. The first-order valence-electron chi connectivity index (χ1n) is 10.0. The second-order valence-corrected chi connectivity index (χ2v) is 7.72. The lowest BCUT2D eigenvalue weighted by Crippen LogP contribution is -2.44. The van der Waals surface area contributed by atoms with Gasteiger partial charge in [0.25, 0.3) is 0 Å². The number of piperazine rings is 1. The Hall–Kier alpha value is -3.72. The molecule has 5 heterocycles. The van der Waals surface area contributed by atoms with Crippen LogP contribution in [-0.2, 0) is 0 Å². The average molecular weight is 399 g/mol. The van der Waals surface area contributed by atoms with Crippen LogP contribution in [0.3, 0.4) is 0 Å². The van der Waals surface area contributed by atoms with Crippen LogP contribution in [0.25, 0.3) is 44.7 Å². The van der Waals surface area contributed by atoms with Crippen molar-refractivity contribution in [1.29, 1.82) is 0 Å². The van der Waals surface area contributed by atoms with Crippen molar-refractivity contribution in [3.05, 3.63) is 42.9 Å². The lowest BCUT2D eigenvalue weighted by atomic mass is 10.1. The molecule has 150 valence electrons. The summed E-state index contributed by atoms with van der Waals surface area (Å²) < 4.78 is 0. The van der Waals surface area contributed by atoms with Gasteiger partial charge < -0.3 is 14.8 Å². The molecule has 0 saturated carbocycles. The number of pyridine rings is 1. The van der Waals surface area contributed by atoms with Crippen LogP contribution in [0.2, 0.25) is 0 Å². The summed E-state index contributed by atoms with van der Waals surface area (Å²) in [4.78, 5) is 17.5. The van der Waals surface area contributed by atoms with Gasteiger partial charge in [0.15, 0.2) is 11.5 Å². The number of aromatic nitrogens is 7. The minimum atomic E-state index is 0.717. The van der Waals surface area contributed by atoms with E-state index in [0.29, 0.717) is 0 Å². The summed E-state index contributed by atoms with van der Waals surface area (Å²) >= 11 is 0. The molecule has 1 saturated heterocycles. The molecule has 0 bridgehead atoms. The molecule has 9 heteroatoms. The minimum absolute atomic E-state index is 0.717. The van der Waals surface area contributed by atoms with Gasteiger partial charge in [0.05, 0.1) is 17.4 Å². The van der Waals surface area contributed by atoms with E-state index in [4.69, 9.17) is 4.98 Å². The van der Waals surface area contributed by atoms with E-state index in [0.717, 1.165) is 76.6 Å². The van der Waals surface area contributed by atoms with Crippen LogP contribution in [0.15, 0.2) is 42.9 Å². The number of aromatic amines is 3. The fraction of sp³-hybridized carbons (Fsp3) is 0.238. The molecule has 1 aliphatic rings. The SMILES string of the molecule is CN1CCN(c2ccnc3[nH]c(-c4n[nH]c5ccc(-c6cn[nH]c6)cc45)nc23)CC1. The summed E-state index contributed by atoms with van der Waals surface area (Å²) in [6.07, 6.45) is 5.54. The summed E-state index contributed by atoms with van der Waals surface area (Å²) in [5, 5.41) is 15.6. The normalized spacial score (nSPS) is 15.4. The first-order valence-corrected chi connectivity index (χ1v) is 10.0. The number of nitrogens with zero attached hydrogens (tertiary/aromatic N) is 6. The van der Waals surface area contributed by atoms with Gasteiger partial charge >= 0.3 is 0 Å². The van der Waals surface area contributed by atoms with E-state index >= 15 is 0 Å². The van der Waals surface area contributed by atoms with Crippen molar-refractivity contribution in [2.75, 3.05) is 38.1 Å². The molecule has 0 amide bonds. The topological polar surface area (TPSA) is 105 Å². The smallest absolute Gasteiger partial charge is 0.161 e. The van der Waals surface area contributed by atoms with Crippen molar-refractivity contribution in [2.24, 2.45) is 0 Å². The lowest BCUT2D eigenvalue weighted by molar-refractivity contribution is 0.313. The van der Waals surface area contributed by atoms with Gasteiger partial charge in [-0.2, -0.15) is 10.2 Å². The Bertz CT molecular complexity index is 1320. The number of imidazole rings is 1. The predicted molar refractivity (Wildman–Crippen MR) is 116 cm³/mol. The van der Waals surface area contributed by atoms with Crippen LogP contribution in [0.1, 0.15) is 0 Å². The number of benzene rings is 1. The molecule has 1 aliphatic heterocycles. The van der Waals surface area contributed by atoms with Gasteiger partial charge in [-0.1, -0.05) is 6.07 Å². The zero-order chi connectivity index (χ0) is 20.1. The summed E-state index contributed by atoms with van der Waals surface area (Å²) in [5.74, 6) is 0.717. The molecular weight excluding hydrogens is 378 g/mol. The highest BCUT2D eigenvalue weighted by atomic mass is 15.3. The minimum Gasteiger partial charge on any atom is -0.367 e. The van der Waals surface area contributed by atoms with Gasteiger partial charge in [-0.15, -0.1) is 0 Å². The van der Waals surface area contributed by atoms with Gasteiger partial charge in [-0.25, -0.2) is 9.97 Å². The Labute approximate surface area is 172 Å². The van der Waals surface area contributed by atoms with Gasteiger partial charge in [0, 0.05) is 49.5 Å². The second-order valence-electron chi connectivity index (χ2n) is 7.72. The van der Waals surface area contributed by atoms with Crippen molar-refractivity contribution in [1.82, 2.24) is 40.2 Å². The Balaban J connectivity index is 1.45. The summed E-state index contributed by atoms with van der Waals surface area (Å²) in [6, 6.07) is 8.25. The maximum atomic E-state index is 4.92. The number of fused-ring (bicyclic) bond motifs is 2. The molecule has 0 spiro atoms. The van der Waals surface area contributed by atoms with Crippen LogP contribution in [0, 0.1) is 0 Å². The van der Waals surface area contributed by atoms with E-state index in [1.807, 2.05) is 24.7 Å². The molecule has 0 atom stereocenters. The van der Waals surface area contributed by atoms with Crippen molar-refractivity contribution >= 4 is 27.8 Å². The van der Waals surface area contributed by atoms with Crippen molar-refractivity contribution in [2.45, 2.75) is 0 Å². The largest absolute Gasteiger partial charge is 0.367 e. The Morgan fingerprint density at radius 2 is 1.93 bits per heavy atom. The van der Waals surface area contributed by atoms with E-state index in [9.17, 15) is 0 Å². The predicted octanol–water partition coefficient (Wildman–Crippen LogP) is 2.64. The summed E-state index contributed by atoms with van der Waals surface area (Å²) in [6.45, 7) is 4.05. The monoisotopic (exact) mass is 399 g/mol. The average Bonchev–Trinajstić information content (AvgIpc) is 3.52. The quantitative estimate of drug-likeness (QED) is 0.431. The zero-order valence-electron chi connectivity index (χ0n) is 16.6. The number of anilines is 1. The first kappa shape index (κ1) is 17.2. The molecule has 4 aromatic heterocycles. The molecule has 6 rings (SSSR count). The lowest BCUT2D eigenvalue weighted by Gasteiger charge is -2.33. The second kappa shape index (κ2) is 6.67. The Morgan fingerprint density at radius 3 is 2.77 bits per heavy atom. The fourth-order valence-electron chi connectivity index (χ4n) is 4.09. The fourth-order valence-corrected chi connectivity index (χ4v) is 4.09. The van der Waals surface area contributed by atoms with Gasteiger partial charge in [-0.05, 0) is 30.8 Å². The molecule has 3 N–H and O–H groups in total. The Morgan fingerprint density at radius 1 is 1.03 bits per heavy atom. The molecule has 5 aromatic rings. The van der Waals surface area contributed by atoms with Crippen LogP contribution in [0.5, 0.6) is 0 Å². The number of nitrogens with one attached hydrogen (secondary N) is 3. The first-order chi connectivity index (χ1) is 14.8. The third-order valence-electron chi connectivity index (χ3n) is 5.83. The van der Waals surface area contributed by atoms with Crippen molar-refractivity contribution in [3.63, 3.8) is 0 Å². The van der Waals surface area contributed by atoms with E-state index in [1.54, 1.807) is 0 Å². The van der Waals surface area contributed by atoms with Crippen LogP contribution in [0.4, 0.5) is 5.69 Å². The molecule has 0 radical (unpaired) electrons. The van der Waals surface area contributed by atoms with Crippen LogP contribution in [-0.4, -0.2) is 73.5 Å². The van der Waals surface area contributed by atoms with E-state index in [2.05, 4.69) is 65.4 Å². The van der Waals surface area contributed by atoms with E-state index in [-0.39, 0.29) is 0 Å². The highest BCUT2D eigenvalue weighted by Gasteiger charge is 2.20. The van der Waals surface area contributed by atoms with Gasteiger partial charge in [0.2, 0.25) is 0 Å². The van der Waals surface area contributed by atoms with Crippen molar-refractivity contribution < 1.29 is 0 Å². The standard InChI is InChI=1S/C21H21N9/c1-29-6-8-30(9-7-29)17-4-5-22-20-19(17)25-21(26-20)18-15-10-13(14-11-23-24-12-14)2-3-16(15)27-28-18/h2-5,10-12H,6-9H2,1H3,(H,23,24)(H,27,28)(H,22,25,26). The summed E-state index contributed by atoms with van der Waals surface area (Å²) in [7, 11) is 2.16. The maximum absolute atomic E-state index is 4.92. The number of H-pyrrole nitrogens is 3. The molecule has 0 aliphatic carbocycles. The number of rotatable bonds is 3. The molecular formula is C21H21N9. The van der Waals surface area contributed by atoms with Crippen LogP contribution >= 0.6 is 0 Å². The van der Waals surface area contributed by atoms with Gasteiger partial charge in [0.1, 0.15) is 11.2 Å². The highest BCUT2D eigenvalue weighted by Crippen LogP contribution is 2.32. The zero-order valence-corrected chi connectivity index (χ0v) is 16.6. The molecule has 0 unspecified atom stereocenters.